The van der Waals surface area contributed by atoms with Gasteiger partial charge >= 0.3 is 0 Å². The second kappa shape index (κ2) is 15.0. The van der Waals surface area contributed by atoms with Crippen LogP contribution in [0.25, 0.3) is 88.6 Å². The van der Waals surface area contributed by atoms with Crippen LogP contribution >= 0.6 is 0 Å². The van der Waals surface area contributed by atoms with Gasteiger partial charge in [0, 0.05) is 49.2 Å². The molecule has 0 atom stereocenters. The third kappa shape index (κ3) is 6.40. The van der Waals surface area contributed by atoms with Gasteiger partial charge < -0.3 is 0 Å². The zero-order valence-electron chi connectivity index (χ0n) is 34.8. The van der Waals surface area contributed by atoms with Crippen LogP contribution < -0.4 is 0 Å². The lowest BCUT2D eigenvalue weighted by atomic mass is 9.70. The summed E-state index contributed by atoms with van der Waals surface area (Å²) in [5.41, 5.74) is 17.4. The van der Waals surface area contributed by atoms with Crippen LogP contribution in [-0.2, 0) is 5.41 Å². The lowest BCUT2D eigenvalue weighted by Crippen LogP contribution is -2.25. The molecule has 0 fully saturated rings. The SMILES string of the molecule is Cc1cc(C(C)(c2ccccc2)c2ccc(-c3ccc4ccc5ccc(-c6ccccc6)nc5c4n3)c(C)c2)ccc1-c1ccc2ccc3ccc(-c4ccccc4)nc3c2n1. The monoisotopic (exact) mass is 794 g/mol. The van der Waals surface area contributed by atoms with Crippen LogP contribution in [0.15, 0.2) is 200 Å². The molecule has 62 heavy (non-hydrogen) atoms. The van der Waals surface area contributed by atoms with E-state index in [1.165, 1.54) is 27.8 Å². The number of rotatable bonds is 7. The first-order valence-corrected chi connectivity index (χ1v) is 21.2. The number of nitrogens with zero attached hydrogens (tertiary/aromatic N) is 4. The van der Waals surface area contributed by atoms with Crippen LogP contribution in [0.5, 0.6) is 0 Å². The highest BCUT2D eigenvalue weighted by atomic mass is 14.8. The predicted octanol–water partition coefficient (Wildman–Crippen LogP) is 14.5. The largest absolute Gasteiger partial charge is 0.245 e. The van der Waals surface area contributed by atoms with Gasteiger partial charge in [0.25, 0.3) is 0 Å². The average molecular weight is 795 g/mol. The summed E-state index contributed by atoms with van der Waals surface area (Å²) < 4.78 is 0. The lowest BCUT2D eigenvalue weighted by Gasteiger charge is -2.33. The lowest BCUT2D eigenvalue weighted by molar-refractivity contribution is 0.691. The molecule has 4 heterocycles. The van der Waals surface area contributed by atoms with Gasteiger partial charge in [0.2, 0.25) is 0 Å². The Morgan fingerprint density at radius 1 is 0.306 bits per heavy atom. The number of fused-ring (bicyclic) bond motifs is 6. The standard InChI is InChI=1S/C58H42N4/c1-37-35-46(27-29-48(37)52-33-25-43-21-19-41-23-31-50(39-13-7-4-8-14-39)59-54(41)56(43)61-52)58(3,45-17-11-6-12-18-45)47-28-30-49(38(2)36-47)53-34-26-44-22-20-42-24-32-51(40-15-9-5-10-16-40)60-55(42)57(44)62-53/h4-36H,1-3H3. The zero-order valence-corrected chi connectivity index (χ0v) is 34.8. The summed E-state index contributed by atoms with van der Waals surface area (Å²) in [5.74, 6) is 0. The van der Waals surface area contributed by atoms with Crippen LogP contribution in [0.1, 0.15) is 34.7 Å². The van der Waals surface area contributed by atoms with E-state index in [0.717, 1.165) is 88.6 Å². The van der Waals surface area contributed by atoms with E-state index in [9.17, 15) is 0 Å². The maximum atomic E-state index is 5.31. The van der Waals surface area contributed by atoms with Crippen molar-refractivity contribution in [2.75, 3.05) is 0 Å². The minimum Gasteiger partial charge on any atom is -0.245 e. The van der Waals surface area contributed by atoms with Gasteiger partial charge in [-0.3, -0.25) is 0 Å². The molecule has 11 aromatic rings. The highest BCUT2D eigenvalue weighted by molar-refractivity contribution is 6.05. The summed E-state index contributed by atoms with van der Waals surface area (Å²) in [6.07, 6.45) is 0. The smallest absolute Gasteiger partial charge is 0.0972 e. The van der Waals surface area contributed by atoms with Crippen molar-refractivity contribution in [2.24, 2.45) is 0 Å². The summed E-state index contributed by atoms with van der Waals surface area (Å²) in [6.45, 7) is 6.75. The summed E-state index contributed by atoms with van der Waals surface area (Å²) in [4.78, 5) is 20.9. The van der Waals surface area contributed by atoms with E-state index in [4.69, 9.17) is 19.9 Å². The molecule has 0 spiro atoms. The van der Waals surface area contributed by atoms with Crippen molar-refractivity contribution >= 4 is 43.6 Å². The molecule has 7 aromatic carbocycles. The highest BCUT2D eigenvalue weighted by Crippen LogP contribution is 2.42. The molecule has 0 saturated carbocycles. The molecule has 0 aliphatic carbocycles. The molecule has 11 rings (SSSR count). The van der Waals surface area contributed by atoms with Crippen molar-refractivity contribution in [2.45, 2.75) is 26.2 Å². The van der Waals surface area contributed by atoms with E-state index in [1.807, 2.05) is 12.1 Å². The molecular formula is C58H42N4. The summed E-state index contributed by atoms with van der Waals surface area (Å²) in [6, 6.07) is 70.9. The van der Waals surface area contributed by atoms with Gasteiger partial charge in [0.05, 0.1) is 44.8 Å². The van der Waals surface area contributed by atoms with Gasteiger partial charge in [-0.15, -0.1) is 0 Å². The second-order valence-electron chi connectivity index (χ2n) is 16.5. The first kappa shape index (κ1) is 37.2. The van der Waals surface area contributed by atoms with Crippen molar-refractivity contribution in [3.63, 3.8) is 0 Å². The molecular weight excluding hydrogens is 753 g/mol. The van der Waals surface area contributed by atoms with Gasteiger partial charge in [-0.05, 0) is 72.9 Å². The normalized spacial score (nSPS) is 11.8. The summed E-state index contributed by atoms with van der Waals surface area (Å²) >= 11 is 0. The fourth-order valence-corrected chi connectivity index (χ4v) is 9.17. The molecule has 294 valence electrons. The van der Waals surface area contributed by atoms with Crippen molar-refractivity contribution in [3.05, 3.63) is 228 Å². The highest BCUT2D eigenvalue weighted by Gasteiger charge is 2.32. The van der Waals surface area contributed by atoms with Gasteiger partial charge in [0.15, 0.2) is 0 Å². The maximum absolute atomic E-state index is 5.31. The minimum absolute atomic E-state index is 0.441. The zero-order chi connectivity index (χ0) is 41.8. The van der Waals surface area contributed by atoms with E-state index in [1.54, 1.807) is 0 Å². The third-order valence-electron chi connectivity index (χ3n) is 12.7. The van der Waals surface area contributed by atoms with Gasteiger partial charge in [-0.25, -0.2) is 19.9 Å². The van der Waals surface area contributed by atoms with Gasteiger partial charge in [-0.1, -0.05) is 176 Å². The van der Waals surface area contributed by atoms with Crippen molar-refractivity contribution in [1.82, 2.24) is 19.9 Å². The quantitative estimate of drug-likeness (QED) is 0.119. The number of benzene rings is 7. The van der Waals surface area contributed by atoms with Crippen LogP contribution in [0, 0.1) is 13.8 Å². The third-order valence-corrected chi connectivity index (χ3v) is 12.7. The first-order chi connectivity index (χ1) is 30.4. The number of aryl methyl sites for hydroxylation is 2. The molecule has 0 radical (unpaired) electrons. The Hall–Kier alpha value is -7.82. The minimum atomic E-state index is -0.441. The van der Waals surface area contributed by atoms with Crippen molar-refractivity contribution < 1.29 is 0 Å². The molecule has 0 aliphatic rings. The van der Waals surface area contributed by atoms with Crippen molar-refractivity contribution in [1.29, 1.82) is 0 Å². The number of hydrogen-bond acceptors (Lipinski definition) is 4. The Labute approximate surface area is 361 Å². The maximum Gasteiger partial charge on any atom is 0.0972 e. The van der Waals surface area contributed by atoms with E-state index < -0.39 is 5.41 Å². The molecule has 0 amide bonds. The molecule has 0 aliphatic heterocycles. The first-order valence-electron chi connectivity index (χ1n) is 21.2. The van der Waals surface area contributed by atoms with Crippen LogP contribution in [-0.4, -0.2) is 19.9 Å². The van der Waals surface area contributed by atoms with Crippen LogP contribution in [0.2, 0.25) is 0 Å². The van der Waals surface area contributed by atoms with E-state index in [2.05, 4.69) is 209 Å². The Kier molecular flexibility index (Phi) is 9.01. The van der Waals surface area contributed by atoms with E-state index in [0.29, 0.717) is 0 Å². The Balaban J connectivity index is 0.980. The Morgan fingerprint density at radius 2 is 0.629 bits per heavy atom. The van der Waals surface area contributed by atoms with Gasteiger partial charge in [-0.2, -0.15) is 0 Å². The van der Waals surface area contributed by atoms with Crippen LogP contribution in [0.4, 0.5) is 0 Å². The molecule has 0 saturated heterocycles. The number of pyridine rings is 4. The molecule has 0 unspecified atom stereocenters. The molecule has 0 bridgehead atoms. The molecule has 0 N–H and O–H groups in total. The average Bonchev–Trinajstić information content (AvgIpc) is 3.33. The number of hydrogen-bond donors (Lipinski definition) is 0. The summed E-state index contributed by atoms with van der Waals surface area (Å²) in [7, 11) is 0. The number of aromatic nitrogens is 4. The molecule has 4 nitrogen and oxygen atoms in total. The van der Waals surface area contributed by atoms with E-state index >= 15 is 0 Å². The van der Waals surface area contributed by atoms with Gasteiger partial charge in [0.1, 0.15) is 0 Å². The topological polar surface area (TPSA) is 51.6 Å². The summed E-state index contributed by atoms with van der Waals surface area (Å²) in [5, 5.41) is 4.30. The molecule has 4 aromatic heterocycles. The predicted molar refractivity (Wildman–Crippen MR) is 257 cm³/mol. The van der Waals surface area contributed by atoms with Crippen molar-refractivity contribution in [3.8, 4) is 45.0 Å². The fraction of sp³-hybridized carbons (Fsp3) is 0.0690. The fourth-order valence-electron chi connectivity index (χ4n) is 9.17. The second-order valence-corrected chi connectivity index (χ2v) is 16.5. The van der Waals surface area contributed by atoms with E-state index in [-0.39, 0.29) is 0 Å². The Morgan fingerprint density at radius 3 is 1.00 bits per heavy atom. The molecule has 4 heteroatoms. The van der Waals surface area contributed by atoms with Crippen LogP contribution in [0.3, 0.4) is 0 Å². The Bertz CT molecular complexity index is 3280.